The number of benzene rings is 1. The number of fused-ring (bicyclic) bond motifs is 4. The van der Waals surface area contributed by atoms with Crippen LogP contribution in [0.2, 0.25) is 0 Å². The molecule has 0 aliphatic carbocycles. The van der Waals surface area contributed by atoms with Crippen LogP contribution in [0.25, 0.3) is 0 Å². The molecule has 1 aromatic rings. The molecule has 4 N–H and O–H groups in total. The number of nitrogens with two attached hydrogens (primary N) is 1. The third-order valence-corrected chi connectivity index (χ3v) is 6.91. The molecule has 29 heavy (non-hydrogen) atoms. The van der Waals surface area contributed by atoms with Crippen LogP contribution >= 0.6 is 0 Å². The molecule has 154 valence electrons. The van der Waals surface area contributed by atoms with Gasteiger partial charge in [0.15, 0.2) is 0 Å². The van der Waals surface area contributed by atoms with Crippen molar-refractivity contribution in [2.75, 3.05) is 5.32 Å². The van der Waals surface area contributed by atoms with Gasteiger partial charge in [0.1, 0.15) is 5.54 Å². The van der Waals surface area contributed by atoms with Crippen LogP contribution in [0.15, 0.2) is 12.1 Å². The van der Waals surface area contributed by atoms with Crippen molar-refractivity contribution >= 4 is 29.3 Å². The van der Waals surface area contributed by atoms with E-state index >= 15 is 0 Å². The molecule has 4 amide bonds. The highest BCUT2D eigenvalue weighted by Gasteiger charge is 2.70. The molecule has 3 heterocycles. The number of carbonyl (C=O) groups excluding carboxylic acids is 4. The molecule has 5 unspecified atom stereocenters. The third kappa shape index (κ3) is 2.41. The zero-order valence-corrected chi connectivity index (χ0v) is 17.0. The summed E-state index contributed by atoms with van der Waals surface area (Å²) in [6, 6.07) is 2.77. The number of carbonyl (C=O) groups is 4. The lowest BCUT2D eigenvalue weighted by Gasteiger charge is -2.31. The van der Waals surface area contributed by atoms with Gasteiger partial charge in [0.05, 0.1) is 11.8 Å². The average Bonchev–Trinajstić information content (AvgIpc) is 3.23. The Bertz CT molecular complexity index is 958. The number of nitrogens with zero attached hydrogens (tertiary/aromatic N) is 1. The summed E-state index contributed by atoms with van der Waals surface area (Å²) in [5, 5.41) is 6.13. The van der Waals surface area contributed by atoms with Crippen molar-refractivity contribution in [3.63, 3.8) is 0 Å². The van der Waals surface area contributed by atoms with Crippen LogP contribution in [-0.4, -0.2) is 40.6 Å². The second-order valence-corrected chi connectivity index (χ2v) is 8.42. The smallest absolute Gasteiger partial charge is 0.250 e. The van der Waals surface area contributed by atoms with Crippen LogP contribution in [-0.2, 0) is 24.7 Å². The van der Waals surface area contributed by atoms with Crippen LogP contribution in [0.3, 0.4) is 0 Å². The van der Waals surface area contributed by atoms with Gasteiger partial charge in [-0.3, -0.25) is 29.4 Å². The van der Waals surface area contributed by atoms with Gasteiger partial charge in [-0.05, 0) is 38.3 Å². The first-order valence-electron chi connectivity index (χ1n) is 10.00. The molecule has 2 saturated heterocycles. The molecule has 4 rings (SSSR count). The van der Waals surface area contributed by atoms with Crippen LogP contribution in [0.4, 0.5) is 5.69 Å². The fraction of sp³-hybridized carbons (Fsp3) is 0.524. The number of hydrogen-bond donors (Lipinski definition) is 3. The van der Waals surface area contributed by atoms with E-state index in [-0.39, 0.29) is 30.2 Å². The number of hydrogen-bond acceptors (Lipinski definition) is 5. The number of likely N-dealkylation sites (tertiary alicyclic amines) is 1. The Hall–Kier alpha value is -2.74. The maximum atomic E-state index is 13.5. The van der Waals surface area contributed by atoms with Gasteiger partial charge in [-0.25, -0.2) is 0 Å². The average molecular weight is 398 g/mol. The Balaban J connectivity index is 1.91. The molecular formula is C21H26N4O4. The Kier molecular flexibility index (Phi) is 4.31. The lowest BCUT2D eigenvalue weighted by atomic mass is 9.76. The van der Waals surface area contributed by atoms with Crippen molar-refractivity contribution in [1.29, 1.82) is 0 Å². The summed E-state index contributed by atoms with van der Waals surface area (Å²) in [5.41, 5.74) is 7.30. The molecule has 1 aromatic carbocycles. The van der Waals surface area contributed by atoms with Gasteiger partial charge in [-0.15, -0.1) is 0 Å². The monoisotopic (exact) mass is 398 g/mol. The number of anilines is 1. The van der Waals surface area contributed by atoms with Crippen molar-refractivity contribution in [3.8, 4) is 0 Å². The topological polar surface area (TPSA) is 122 Å². The van der Waals surface area contributed by atoms with Crippen molar-refractivity contribution in [1.82, 2.24) is 10.2 Å². The summed E-state index contributed by atoms with van der Waals surface area (Å²) in [4.78, 5) is 53.0. The van der Waals surface area contributed by atoms with Crippen LogP contribution < -0.4 is 16.4 Å². The van der Waals surface area contributed by atoms with E-state index in [1.165, 1.54) is 4.90 Å². The lowest BCUT2D eigenvalue weighted by molar-refractivity contribution is -0.145. The summed E-state index contributed by atoms with van der Waals surface area (Å²) in [6.45, 7) is 7.57. The van der Waals surface area contributed by atoms with Gasteiger partial charge in [0, 0.05) is 29.8 Å². The van der Waals surface area contributed by atoms with Gasteiger partial charge in [-0.1, -0.05) is 19.1 Å². The number of nitrogens with one attached hydrogen (secondary N) is 2. The van der Waals surface area contributed by atoms with E-state index in [1.54, 1.807) is 0 Å². The predicted molar refractivity (Wildman–Crippen MR) is 106 cm³/mol. The van der Waals surface area contributed by atoms with E-state index in [1.807, 2.05) is 39.8 Å². The molecule has 2 fully saturated rings. The van der Waals surface area contributed by atoms with Crippen LogP contribution in [0.5, 0.6) is 0 Å². The molecular weight excluding hydrogens is 372 g/mol. The van der Waals surface area contributed by atoms with E-state index in [0.717, 1.165) is 11.1 Å². The molecule has 5 atom stereocenters. The summed E-state index contributed by atoms with van der Waals surface area (Å²) in [5.74, 6) is -3.36. The molecule has 0 radical (unpaired) electrons. The molecule has 0 aromatic heterocycles. The maximum absolute atomic E-state index is 13.5. The zero-order valence-electron chi connectivity index (χ0n) is 17.0. The second kappa shape index (κ2) is 6.38. The molecule has 0 bridgehead atoms. The van der Waals surface area contributed by atoms with E-state index in [4.69, 9.17) is 5.73 Å². The first-order valence-corrected chi connectivity index (χ1v) is 10.00. The largest absolute Gasteiger partial charge is 0.370 e. The maximum Gasteiger partial charge on any atom is 0.250 e. The number of rotatable bonds is 4. The summed E-state index contributed by atoms with van der Waals surface area (Å²) < 4.78 is 0. The number of aryl methyl sites for hydroxylation is 1. The minimum Gasteiger partial charge on any atom is -0.370 e. The highest BCUT2D eigenvalue weighted by Crippen LogP contribution is 2.54. The SMILES string of the molecule is CCC(C)N1C(=O)C2C(CC(N)=O)NC3(C(=O)Nc4c3ccc(C)c4C)C2C1=O. The predicted octanol–water partition coefficient (Wildman–Crippen LogP) is 0.698. The second-order valence-electron chi connectivity index (χ2n) is 8.42. The Morgan fingerprint density at radius 3 is 2.55 bits per heavy atom. The molecule has 0 saturated carbocycles. The Morgan fingerprint density at radius 1 is 1.24 bits per heavy atom. The van der Waals surface area contributed by atoms with Crippen LogP contribution in [0, 0.1) is 25.7 Å². The van der Waals surface area contributed by atoms with Crippen molar-refractivity contribution in [3.05, 3.63) is 28.8 Å². The number of imide groups is 1. The van der Waals surface area contributed by atoms with Gasteiger partial charge < -0.3 is 11.1 Å². The molecule has 3 aliphatic rings. The summed E-state index contributed by atoms with van der Waals surface area (Å²) in [7, 11) is 0. The third-order valence-electron chi connectivity index (χ3n) is 6.91. The summed E-state index contributed by atoms with van der Waals surface area (Å²) >= 11 is 0. The highest BCUT2D eigenvalue weighted by molar-refractivity contribution is 6.15. The van der Waals surface area contributed by atoms with E-state index in [0.29, 0.717) is 17.7 Å². The van der Waals surface area contributed by atoms with E-state index < -0.39 is 29.3 Å². The van der Waals surface area contributed by atoms with Crippen molar-refractivity contribution in [2.24, 2.45) is 17.6 Å². The normalized spacial score (nSPS) is 31.2. The minimum absolute atomic E-state index is 0.121. The van der Waals surface area contributed by atoms with Crippen LogP contribution in [0.1, 0.15) is 43.4 Å². The van der Waals surface area contributed by atoms with Gasteiger partial charge in [0.25, 0.3) is 0 Å². The first-order chi connectivity index (χ1) is 13.6. The number of primary amides is 1. The Labute approximate surface area is 169 Å². The summed E-state index contributed by atoms with van der Waals surface area (Å²) in [6.07, 6.45) is 0.489. The fourth-order valence-corrected chi connectivity index (χ4v) is 5.15. The van der Waals surface area contributed by atoms with E-state index in [9.17, 15) is 19.2 Å². The van der Waals surface area contributed by atoms with Gasteiger partial charge >= 0.3 is 0 Å². The standard InChI is InChI=1S/C21H26N4O4/c1-5-10(3)25-18(27)15-13(8-14(22)26)24-21(16(15)19(25)28)12-7-6-9(2)11(4)17(12)23-20(21)29/h6-7,10,13,15-16,24H,5,8H2,1-4H3,(H2,22,26)(H,23,29). The van der Waals surface area contributed by atoms with Crippen molar-refractivity contribution < 1.29 is 19.2 Å². The van der Waals surface area contributed by atoms with Gasteiger partial charge in [-0.2, -0.15) is 0 Å². The van der Waals surface area contributed by atoms with E-state index in [2.05, 4.69) is 10.6 Å². The fourth-order valence-electron chi connectivity index (χ4n) is 5.15. The Morgan fingerprint density at radius 2 is 1.93 bits per heavy atom. The number of amides is 4. The molecule has 8 heteroatoms. The minimum atomic E-state index is -1.38. The lowest BCUT2D eigenvalue weighted by Crippen LogP contribution is -2.54. The zero-order chi connectivity index (χ0) is 21.2. The first kappa shape index (κ1) is 19.6. The van der Waals surface area contributed by atoms with Gasteiger partial charge in [0.2, 0.25) is 23.6 Å². The molecule has 3 aliphatic heterocycles. The van der Waals surface area contributed by atoms with Crippen molar-refractivity contribution in [2.45, 2.75) is 58.2 Å². The molecule has 8 nitrogen and oxygen atoms in total. The quantitative estimate of drug-likeness (QED) is 0.645. The highest BCUT2D eigenvalue weighted by atomic mass is 16.2. The molecule has 1 spiro atoms.